The zero-order valence-electron chi connectivity index (χ0n) is 11.1. The lowest BCUT2D eigenvalue weighted by Gasteiger charge is -2.24. The fraction of sp³-hybridized carbons (Fsp3) is 0.0667. The molecule has 0 aromatic heterocycles. The van der Waals surface area contributed by atoms with Gasteiger partial charge in [0, 0.05) is 6.07 Å². The van der Waals surface area contributed by atoms with Gasteiger partial charge in [0.15, 0.2) is 0 Å². The summed E-state index contributed by atoms with van der Waals surface area (Å²) in [7, 11) is 0. The molecule has 0 saturated carbocycles. The second-order valence-electron chi connectivity index (χ2n) is 4.60. The third kappa shape index (κ3) is 2.60. The zero-order valence-corrected chi connectivity index (χ0v) is 11.1. The molecule has 0 aliphatic carbocycles. The van der Waals surface area contributed by atoms with Crippen molar-refractivity contribution < 1.29 is 23.1 Å². The van der Waals surface area contributed by atoms with Crippen LogP contribution in [0.25, 0.3) is 0 Å². The van der Waals surface area contributed by atoms with E-state index in [1.807, 2.05) is 0 Å². The number of carbonyl (C=O) groups is 2. The van der Waals surface area contributed by atoms with Gasteiger partial charge in [0.1, 0.15) is 17.4 Å². The van der Waals surface area contributed by atoms with Gasteiger partial charge in [-0.25, -0.2) is 8.78 Å². The van der Waals surface area contributed by atoms with Crippen LogP contribution in [0.2, 0.25) is 0 Å². The minimum Gasteiger partial charge on any atom is -0.468 e. The van der Waals surface area contributed by atoms with Crippen molar-refractivity contribution in [1.29, 1.82) is 0 Å². The molecule has 1 aliphatic heterocycles. The average Bonchev–Trinajstić information content (AvgIpc) is 2.49. The highest BCUT2D eigenvalue weighted by Gasteiger charge is 2.34. The highest BCUT2D eigenvalue weighted by Crippen LogP contribution is 2.29. The molecule has 2 aromatic rings. The number of rotatable bonds is 2. The van der Waals surface area contributed by atoms with E-state index in [9.17, 15) is 18.4 Å². The molecule has 1 heterocycles. The van der Waals surface area contributed by atoms with Crippen LogP contribution in [0.3, 0.4) is 0 Å². The normalized spacial score (nSPS) is 16.3. The van der Waals surface area contributed by atoms with Crippen molar-refractivity contribution in [1.82, 2.24) is 0 Å². The predicted octanol–water partition coefficient (Wildman–Crippen LogP) is 2.30. The van der Waals surface area contributed by atoms with Crippen LogP contribution in [0.1, 0.15) is 0 Å². The molecule has 3 rings (SSSR count). The van der Waals surface area contributed by atoms with Crippen LogP contribution < -0.4 is 15.4 Å². The monoisotopic (exact) mass is 304 g/mol. The van der Waals surface area contributed by atoms with Gasteiger partial charge in [-0.2, -0.15) is 0 Å². The number of para-hydroxylation sites is 2. The van der Waals surface area contributed by atoms with E-state index in [4.69, 9.17) is 4.74 Å². The van der Waals surface area contributed by atoms with Crippen molar-refractivity contribution in [3.8, 4) is 5.75 Å². The standard InChI is InChI=1S/C15H10F2N2O3/c16-8-5-6-10(9(17)7-8)18-14(20)13-15(21)19-11-3-1-2-4-12(11)22-13/h1-7,13H,(H,18,20)(H,19,21)/t13-/m1/s1. The molecule has 1 atom stereocenters. The summed E-state index contributed by atoms with van der Waals surface area (Å²) in [5.41, 5.74) is 0.214. The first kappa shape index (κ1) is 14.0. The Morgan fingerprint density at radius 3 is 2.73 bits per heavy atom. The largest absolute Gasteiger partial charge is 0.468 e. The van der Waals surface area contributed by atoms with E-state index in [0.29, 0.717) is 17.5 Å². The summed E-state index contributed by atoms with van der Waals surface area (Å²) in [6, 6.07) is 9.30. The number of ether oxygens (including phenoxy) is 1. The highest BCUT2D eigenvalue weighted by atomic mass is 19.1. The fourth-order valence-corrected chi connectivity index (χ4v) is 2.01. The topological polar surface area (TPSA) is 67.4 Å². The maximum Gasteiger partial charge on any atom is 0.275 e. The smallest absolute Gasteiger partial charge is 0.275 e. The molecule has 2 aromatic carbocycles. The van der Waals surface area contributed by atoms with Gasteiger partial charge in [-0.3, -0.25) is 9.59 Å². The molecular formula is C15H10F2N2O3. The van der Waals surface area contributed by atoms with Crippen LogP contribution in [0, 0.1) is 11.6 Å². The van der Waals surface area contributed by atoms with Crippen molar-refractivity contribution >= 4 is 23.2 Å². The van der Waals surface area contributed by atoms with Gasteiger partial charge < -0.3 is 15.4 Å². The van der Waals surface area contributed by atoms with E-state index in [0.717, 1.165) is 12.1 Å². The second-order valence-corrected chi connectivity index (χ2v) is 4.60. The summed E-state index contributed by atoms with van der Waals surface area (Å²) < 4.78 is 31.7. The number of hydrogen-bond donors (Lipinski definition) is 2. The lowest BCUT2D eigenvalue weighted by molar-refractivity contribution is -0.133. The van der Waals surface area contributed by atoms with Gasteiger partial charge in [0.2, 0.25) is 0 Å². The molecule has 0 fully saturated rings. The van der Waals surface area contributed by atoms with Crippen LogP contribution >= 0.6 is 0 Å². The van der Waals surface area contributed by atoms with Crippen molar-refractivity contribution in [2.45, 2.75) is 6.10 Å². The third-order valence-electron chi connectivity index (χ3n) is 3.06. The number of benzene rings is 2. The maximum atomic E-state index is 13.5. The van der Waals surface area contributed by atoms with Crippen LogP contribution in [-0.2, 0) is 9.59 Å². The number of nitrogens with one attached hydrogen (secondary N) is 2. The van der Waals surface area contributed by atoms with Gasteiger partial charge in [-0.05, 0) is 24.3 Å². The van der Waals surface area contributed by atoms with E-state index >= 15 is 0 Å². The van der Waals surface area contributed by atoms with E-state index in [1.54, 1.807) is 24.3 Å². The highest BCUT2D eigenvalue weighted by molar-refractivity contribution is 6.15. The Morgan fingerprint density at radius 2 is 1.95 bits per heavy atom. The summed E-state index contributed by atoms with van der Waals surface area (Å²) >= 11 is 0. The Labute approximate surface area is 123 Å². The minimum atomic E-state index is -1.46. The summed E-state index contributed by atoms with van der Waals surface area (Å²) in [4.78, 5) is 23.9. The number of amides is 2. The summed E-state index contributed by atoms with van der Waals surface area (Å²) in [6.45, 7) is 0. The SMILES string of the molecule is O=C(Nc1ccc(F)cc1F)[C@H]1Oc2ccccc2NC1=O. The van der Waals surface area contributed by atoms with Crippen LogP contribution in [-0.4, -0.2) is 17.9 Å². The molecule has 1 aliphatic rings. The summed E-state index contributed by atoms with van der Waals surface area (Å²) in [6.07, 6.45) is -1.46. The Hall–Kier alpha value is -2.96. The number of halogens is 2. The molecule has 0 radical (unpaired) electrons. The van der Waals surface area contributed by atoms with Crippen molar-refractivity contribution in [2.24, 2.45) is 0 Å². The Bertz CT molecular complexity index is 764. The van der Waals surface area contributed by atoms with E-state index in [1.165, 1.54) is 0 Å². The molecule has 5 nitrogen and oxygen atoms in total. The minimum absolute atomic E-state index is 0.235. The molecule has 2 amide bonds. The number of carbonyl (C=O) groups excluding carboxylic acids is 2. The van der Waals surface area contributed by atoms with Crippen LogP contribution in [0.15, 0.2) is 42.5 Å². The third-order valence-corrected chi connectivity index (χ3v) is 3.06. The predicted molar refractivity (Wildman–Crippen MR) is 74.5 cm³/mol. The number of fused-ring (bicyclic) bond motifs is 1. The fourth-order valence-electron chi connectivity index (χ4n) is 2.01. The molecule has 7 heteroatoms. The maximum absolute atomic E-state index is 13.5. The molecule has 0 spiro atoms. The van der Waals surface area contributed by atoms with Gasteiger partial charge in [-0.1, -0.05) is 12.1 Å². The Morgan fingerprint density at radius 1 is 1.18 bits per heavy atom. The van der Waals surface area contributed by atoms with Crippen LogP contribution in [0.4, 0.5) is 20.2 Å². The number of hydrogen-bond acceptors (Lipinski definition) is 3. The molecular weight excluding hydrogens is 294 g/mol. The molecule has 0 bridgehead atoms. The lowest BCUT2D eigenvalue weighted by atomic mass is 10.2. The summed E-state index contributed by atoms with van der Waals surface area (Å²) in [5, 5.41) is 4.72. The second kappa shape index (κ2) is 5.44. The van der Waals surface area contributed by atoms with Gasteiger partial charge in [0.05, 0.1) is 11.4 Å². The van der Waals surface area contributed by atoms with Gasteiger partial charge in [0.25, 0.3) is 17.9 Å². The van der Waals surface area contributed by atoms with Crippen molar-refractivity contribution in [2.75, 3.05) is 10.6 Å². The van der Waals surface area contributed by atoms with E-state index in [2.05, 4.69) is 10.6 Å². The molecule has 112 valence electrons. The lowest BCUT2D eigenvalue weighted by Crippen LogP contribution is -2.45. The van der Waals surface area contributed by atoms with Crippen molar-refractivity contribution in [3.63, 3.8) is 0 Å². The Balaban J connectivity index is 1.79. The van der Waals surface area contributed by atoms with E-state index in [-0.39, 0.29) is 5.69 Å². The average molecular weight is 304 g/mol. The molecule has 2 N–H and O–H groups in total. The van der Waals surface area contributed by atoms with Gasteiger partial charge in [-0.15, -0.1) is 0 Å². The van der Waals surface area contributed by atoms with E-state index < -0.39 is 29.6 Å². The first-order valence-corrected chi connectivity index (χ1v) is 6.37. The molecule has 0 unspecified atom stereocenters. The van der Waals surface area contributed by atoms with Crippen molar-refractivity contribution in [3.05, 3.63) is 54.1 Å². The van der Waals surface area contributed by atoms with Gasteiger partial charge >= 0.3 is 0 Å². The summed E-state index contributed by atoms with van der Waals surface area (Å²) in [5.74, 6) is -2.89. The first-order chi connectivity index (χ1) is 10.5. The zero-order chi connectivity index (χ0) is 15.7. The Kier molecular flexibility index (Phi) is 3.46. The quantitative estimate of drug-likeness (QED) is 0.837. The van der Waals surface area contributed by atoms with Crippen LogP contribution in [0.5, 0.6) is 5.75 Å². The number of anilines is 2. The molecule has 0 saturated heterocycles. The molecule has 22 heavy (non-hydrogen) atoms. The first-order valence-electron chi connectivity index (χ1n) is 6.37.